The van der Waals surface area contributed by atoms with E-state index in [1.54, 1.807) is 0 Å². The topological polar surface area (TPSA) is 35.2 Å². The molecule has 0 radical (unpaired) electrons. The zero-order chi connectivity index (χ0) is 14.0. The van der Waals surface area contributed by atoms with E-state index in [4.69, 9.17) is 10.5 Å². The third-order valence-electron chi connectivity index (χ3n) is 3.30. The van der Waals surface area contributed by atoms with Gasteiger partial charge in [-0.25, -0.2) is 0 Å². The summed E-state index contributed by atoms with van der Waals surface area (Å²) in [6.45, 7) is 10.7. The van der Waals surface area contributed by atoms with E-state index in [1.807, 2.05) is 24.3 Å². The molecule has 2 rings (SSSR count). The molecule has 0 bridgehead atoms. The van der Waals surface area contributed by atoms with Gasteiger partial charge < -0.3 is 10.5 Å². The minimum atomic E-state index is 0.382. The molecule has 0 amide bonds. The monoisotopic (exact) mass is 257 g/mol. The first-order valence-electron chi connectivity index (χ1n) is 6.82. The van der Waals surface area contributed by atoms with Gasteiger partial charge in [0, 0.05) is 17.3 Å². The van der Waals surface area contributed by atoms with Crippen LogP contribution in [0.2, 0.25) is 0 Å². The summed E-state index contributed by atoms with van der Waals surface area (Å²) in [7, 11) is 0. The van der Waals surface area contributed by atoms with E-state index in [-0.39, 0.29) is 0 Å². The summed E-state index contributed by atoms with van der Waals surface area (Å²) in [5.41, 5.74) is 9.36. The van der Waals surface area contributed by atoms with Gasteiger partial charge in [0.15, 0.2) is 0 Å². The van der Waals surface area contributed by atoms with E-state index < -0.39 is 0 Å². The van der Waals surface area contributed by atoms with Crippen LogP contribution >= 0.6 is 0 Å². The number of nitrogens with two attached hydrogens (primary N) is 1. The Balaban J connectivity index is 2.14. The fourth-order valence-electron chi connectivity index (χ4n) is 2.35. The van der Waals surface area contributed by atoms with E-state index >= 15 is 0 Å². The van der Waals surface area contributed by atoms with Crippen LogP contribution in [0, 0.1) is 5.41 Å². The van der Waals surface area contributed by atoms with Gasteiger partial charge in [-0.3, -0.25) is 0 Å². The zero-order valence-corrected chi connectivity index (χ0v) is 12.1. The van der Waals surface area contributed by atoms with Crippen molar-refractivity contribution in [3.05, 3.63) is 42.2 Å². The van der Waals surface area contributed by atoms with Crippen molar-refractivity contribution in [2.75, 3.05) is 5.73 Å². The quantitative estimate of drug-likeness (QED) is 0.791. The van der Waals surface area contributed by atoms with Crippen molar-refractivity contribution >= 4 is 11.3 Å². The van der Waals surface area contributed by atoms with Crippen molar-refractivity contribution in [3.63, 3.8) is 0 Å². The van der Waals surface area contributed by atoms with E-state index in [9.17, 15) is 0 Å². The molecule has 0 aliphatic carbocycles. The van der Waals surface area contributed by atoms with Gasteiger partial charge in [-0.1, -0.05) is 27.4 Å². The fourth-order valence-corrected chi connectivity index (χ4v) is 2.35. The molecule has 1 aliphatic rings. The van der Waals surface area contributed by atoms with E-state index in [0.717, 1.165) is 23.4 Å². The number of nitrogen functional groups attached to an aromatic ring is 1. The maximum Gasteiger partial charge on any atom is 0.136 e. The lowest BCUT2D eigenvalue weighted by atomic mass is 9.87. The van der Waals surface area contributed by atoms with E-state index in [0.29, 0.717) is 11.2 Å². The molecule has 102 valence electrons. The molecular formula is C17H23NO. The average Bonchev–Trinajstić information content (AvgIpc) is 2.26. The molecule has 0 atom stereocenters. The second-order valence-electron chi connectivity index (χ2n) is 6.41. The van der Waals surface area contributed by atoms with Crippen LogP contribution in [-0.2, 0) is 0 Å². The highest BCUT2D eigenvalue weighted by atomic mass is 16.5. The number of fused-ring (bicyclic) bond motifs is 1. The summed E-state index contributed by atoms with van der Waals surface area (Å²) in [4.78, 5) is 0. The Labute approximate surface area is 116 Å². The molecule has 0 unspecified atom stereocenters. The normalized spacial score (nSPS) is 14.7. The molecule has 1 aliphatic heterocycles. The molecule has 19 heavy (non-hydrogen) atoms. The van der Waals surface area contributed by atoms with Gasteiger partial charge in [-0.15, -0.1) is 0 Å². The highest BCUT2D eigenvalue weighted by Gasteiger charge is 2.17. The Bertz CT molecular complexity index is 521. The summed E-state index contributed by atoms with van der Waals surface area (Å²) in [6, 6.07) is 5.84. The van der Waals surface area contributed by atoms with Gasteiger partial charge >= 0.3 is 0 Å². The highest BCUT2D eigenvalue weighted by molar-refractivity contribution is 5.76. The number of hydrogen-bond donors (Lipinski definition) is 1. The molecule has 1 aromatic rings. The molecular weight excluding hydrogens is 234 g/mol. The van der Waals surface area contributed by atoms with Crippen LogP contribution in [0.15, 0.2) is 36.6 Å². The first kappa shape index (κ1) is 13.7. The molecule has 2 heteroatoms. The minimum absolute atomic E-state index is 0.382. The Morgan fingerprint density at radius 3 is 2.68 bits per heavy atom. The molecule has 0 saturated heterocycles. The smallest absolute Gasteiger partial charge is 0.136 e. The van der Waals surface area contributed by atoms with Crippen LogP contribution in [0.1, 0.15) is 45.6 Å². The fraction of sp³-hybridized carbons (Fsp3) is 0.412. The van der Waals surface area contributed by atoms with Crippen LogP contribution < -0.4 is 10.5 Å². The number of rotatable bonds is 3. The standard InChI is InChI=1S/C17H23NO/c1-12-10-13(6-5-9-17(2,3)4)15-8-7-14(18)11-16(15)19-12/h7-8,10-11H,1,5-6,9,18H2,2-4H3. The maximum absolute atomic E-state index is 5.80. The van der Waals surface area contributed by atoms with Crippen LogP contribution in [0.3, 0.4) is 0 Å². The summed E-state index contributed by atoms with van der Waals surface area (Å²) < 4.78 is 5.64. The summed E-state index contributed by atoms with van der Waals surface area (Å²) in [5, 5.41) is 0. The van der Waals surface area contributed by atoms with Crippen LogP contribution in [0.5, 0.6) is 5.75 Å². The number of benzene rings is 1. The molecule has 0 spiro atoms. The first-order valence-corrected chi connectivity index (χ1v) is 6.82. The molecule has 1 aromatic carbocycles. The second kappa shape index (κ2) is 5.12. The van der Waals surface area contributed by atoms with Crippen molar-refractivity contribution in [2.45, 2.75) is 40.0 Å². The highest BCUT2D eigenvalue weighted by Crippen LogP contribution is 2.37. The number of hydrogen-bond acceptors (Lipinski definition) is 2. The van der Waals surface area contributed by atoms with E-state index in [2.05, 4.69) is 27.4 Å². The van der Waals surface area contributed by atoms with Crippen molar-refractivity contribution < 1.29 is 4.74 Å². The van der Waals surface area contributed by atoms with E-state index in [1.165, 1.54) is 18.4 Å². The predicted octanol–water partition coefficient (Wildman–Crippen LogP) is 4.77. The average molecular weight is 257 g/mol. The molecule has 0 saturated carbocycles. The molecule has 0 aromatic heterocycles. The third-order valence-corrected chi connectivity index (χ3v) is 3.30. The van der Waals surface area contributed by atoms with Gasteiger partial charge in [0.25, 0.3) is 0 Å². The minimum Gasteiger partial charge on any atom is -0.457 e. The molecule has 2 N–H and O–H groups in total. The third kappa shape index (κ3) is 3.63. The van der Waals surface area contributed by atoms with Crippen LogP contribution in [0.25, 0.3) is 5.57 Å². The Hall–Kier alpha value is -1.70. The zero-order valence-electron chi connectivity index (χ0n) is 12.1. The van der Waals surface area contributed by atoms with Gasteiger partial charge in [0.2, 0.25) is 0 Å². The Kier molecular flexibility index (Phi) is 3.70. The van der Waals surface area contributed by atoms with Gasteiger partial charge in [0.1, 0.15) is 11.5 Å². The van der Waals surface area contributed by atoms with Crippen molar-refractivity contribution in [1.29, 1.82) is 0 Å². The van der Waals surface area contributed by atoms with Crippen LogP contribution in [0.4, 0.5) is 5.69 Å². The van der Waals surface area contributed by atoms with Crippen molar-refractivity contribution in [3.8, 4) is 5.75 Å². The van der Waals surface area contributed by atoms with Gasteiger partial charge in [0.05, 0.1) is 0 Å². The summed E-state index contributed by atoms with van der Waals surface area (Å²) >= 11 is 0. The SMILES string of the molecule is C=C1C=C(CCCC(C)(C)C)c2ccc(N)cc2O1. The number of allylic oxidation sites excluding steroid dienone is 2. The van der Waals surface area contributed by atoms with Crippen molar-refractivity contribution in [2.24, 2.45) is 5.41 Å². The predicted molar refractivity (Wildman–Crippen MR) is 81.9 cm³/mol. The largest absolute Gasteiger partial charge is 0.457 e. The summed E-state index contributed by atoms with van der Waals surface area (Å²) in [6.07, 6.45) is 5.48. The lowest BCUT2D eigenvalue weighted by Gasteiger charge is -2.22. The van der Waals surface area contributed by atoms with Crippen LogP contribution in [-0.4, -0.2) is 0 Å². The molecule has 1 heterocycles. The molecule has 2 nitrogen and oxygen atoms in total. The Morgan fingerprint density at radius 2 is 2.00 bits per heavy atom. The summed E-state index contributed by atoms with van der Waals surface area (Å²) in [5.74, 6) is 1.53. The Morgan fingerprint density at radius 1 is 1.26 bits per heavy atom. The number of ether oxygens (including phenoxy) is 1. The molecule has 0 fully saturated rings. The van der Waals surface area contributed by atoms with Crippen molar-refractivity contribution in [1.82, 2.24) is 0 Å². The lowest BCUT2D eigenvalue weighted by Crippen LogP contribution is -2.06. The lowest BCUT2D eigenvalue weighted by molar-refractivity contribution is 0.367. The first-order chi connectivity index (χ1) is 8.85. The van der Waals surface area contributed by atoms with Gasteiger partial charge in [-0.05, 0) is 48.5 Å². The number of anilines is 1. The van der Waals surface area contributed by atoms with Gasteiger partial charge in [-0.2, -0.15) is 0 Å². The second-order valence-corrected chi connectivity index (χ2v) is 6.41. The maximum atomic E-state index is 5.80.